The molecule has 1 amide bonds. The highest BCUT2D eigenvalue weighted by molar-refractivity contribution is 5.98. The molecule has 0 aliphatic rings. The van der Waals surface area contributed by atoms with Gasteiger partial charge in [0.15, 0.2) is 0 Å². The number of hydrogen-bond acceptors (Lipinski definition) is 1. The Morgan fingerprint density at radius 2 is 1.70 bits per heavy atom. The number of aromatic nitrogens is 1. The Kier molecular flexibility index (Phi) is 3.86. The summed E-state index contributed by atoms with van der Waals surface area (Å²) in [4.78, 5) is 14.2. The van der Waals surface area contributed by atoms with Gasteiger partial charge in [-0.2, -0.15) is 0 Å². The fraction of sp³-hybridized carbons (Fsp3) is 0.167. The predicted molar refractivity (Wildman–Crippen MR) is 85.1 cm³/mol. The van der Waals surface area contributed by atoms with E-state index in [4.69, 9.17) is 0 Å². The highest BCUT2D eigenvalue weighted by Crippen LogP contribution is 2.21. The smallest absolute Gasteiger partial charge is 0.270 e. The summed E-state index contributed by atoms with van der Waals surface area (Å²) in [5, 5.41) is 0.812. The number of fused-ring (bicyclic) bond motifs is 1. The van der Waals surface area contributed by atoms with E-state index in [1.165, 1.54) is 24.3 Å². The Bertz CT molecular complexity index is 869. The number of carbonyl (C=O) groups excluding carboxylic acids is 1. The van der Waals surface area contributed by atoms with Crippen LogP contribution in [0.4, 0.5) is 8.78 Å². The molecule has 0 saturated carbocycles. The zero-order chi connectivity index (χ0) is 16.6. The molecule has 2 aromatic carbocycles. The van der Waals surface area contributed by atoms with Crippen molar-refractivity contribution in [2.24, 2.45) is 7.05 Å². The van der Waals surface area contributed by atoms with Gasteiger partial charge in [0, 0.05) is 26.0 Å². The number of halogens is 2. The minimum atomic E-state index is -0.336. The Morgan fingerprint density at radius 3 is 2.39 bits per heavy atom. The Balaban J connectivity index is 1.87. The number of carbonyl (C=O) groups is 1. The summed E-state index contributed by atoms with van der Waals surface area (Å²) in [5.74, 6) is -0.816. The number of benzene rings is 2. The number of hydrogen-bond donors (Lipinski definition) is 0. The molecule has 0 atom stereocenters. The largest absolute Gasteiger partial charge is 0.340 e. The lowest BCUT2D eigenvalue weighted by Crippen LogP contribution is -2.27. The summed E-state index contributed by atoms with van der Waals surface area (Å²) >= 11 is 0. The molecule has 0 aliphatic heterocycles. The number of rotatable bonds is 3. The first-order valence-corrected chi connectivity index (χ1v) is 7.20. The molecule has 0 N–H and O–H groups in total. The lowest BCUT2D eigenvalue weighted by atomic mass is 10.2. The molecule has 23 heavy (non-hydrogen) atoms. The Morgan fingerprint density at radius 1 is 1.04 bits per heavy atom. The van der Waals surface area contributed by atoms with Gasteiger partial charge in [-0.3, -0.25) is 4.79 Å². The molecule has 3 rings (SSSR count). The van der Waals surface area contributed by atoms with Crippen LogP contribution >= 0.6 is 0 Å². The van der Waals surface area contributed by atoms with Gasteiger partial charge >= 0.3 is 0 Å². The standard InChI is InChI=1S/C18H16F2N2O/c1-21(11-12-3-6-14(19)7-4-12)18(23)17-9-13-5-8-15(20)10-16(13)22(17)2/h3-10H,11H2,1-2H3. The van der Waals surface area contributed by atoms with Crippen LogP contribution in [0.15, 0.2) is 48.5 Å². The van der Waals surface area contributed by atoms with Crippen LogP contribution in [0.5, 0.6) is 0 Å². The first-order chi connectivity index (χ1) is 11.0. The van der Waals surface area contributed by atoms with Crippen LogP contribution in [-0.4, -0.2) is 22.4 Å². The molecule has 118 valence electrons. The van der Waals surface area contributed by atoms with Gasteiger partial charge in [-0.15, -0.1) is 0 Å². The lowest BCUT2D eigenvalue weighted by molar-refractivity contribution is 0.0776. The fourth-order valence-corrected chi connectivity index (χ4v) is 2.64. The maximum atomic E-state index is 13.4. The van der Waals surface area contributed by atoms with Crippen molar-refractivity contribution in [1.82, 2.24) is 9.47 Å². The van der Waals surface area contributed by atoms with Gasteiger partial charge < -0.3 is 9.47 Å². The van der Waals surface area contributed by atoms with Crippen molar-refractivity contribution >= 4 is 16.8 Å². The summed E-state index contributed by atoms with van der Waals surface area (Å²) in [7, 11) is 3.42. The van der Waals surface area contributed by atoms with Gasteiger partial charge in [0.1, 0.15) is 17.3 Å². The van der Waals surface area contributed by atoms with E-state index in [-0.39, 0.29) is 17.5 Å². The molecule has 0 aliphatic carbocycles. The molecule has 3 aromatic rings. The monoisotopic (exact) mass is 314 g/mol. The van der Waals surface area contributed by atoms with Crippen molar-refractivity contribution in [3.8, 4) is 0 Å². The molecule has 1 heterocycles. The summed E-state index contributed by atoms with van der Waals surface area (Å²) in [6.07, 6.45) is 0. The highest BCUT2D eigenvalue weighted by atomic mass is 19.1. The third-order valence-corrected chi connectivity index (χ3v) is 3.91. The first kappa shape index (κ1) is 15.2. The minimum Gasteiger partial charge on any atom is -0.340 e. The summed E-state index contributed by atoms with van der Waals surface area (Å²) < 4.78 is 28.0. The van der Waals surface area contributed by atoms with Crippen LogP contribution in [0, 0.1) is 11.6 Å². The Labute approximate surface area is 132 Å². The van der Waals surface area contributed by atoms with Gasteiger partial charge in [0.2, 0.25) is 0 Å². The molecule has 3 nitrogen and oxygen atoms in total. The third kappa shape index (κ3) is 2.95. The highest BCUT2D eigenvalue weighted by Gasteiger charge is 2.17. The van der Waals surface area contributed by atoms with Crippen LogP contribution in [0.25, 0.3) is 10.9 Å². The molecule has 0 bridgehead atoms. The molecule has 1 aromatic heterocycles. The molecule has 0 fully saturated rings. The maximum absolute atomic E-state index is 13.4. The molecule has 0 radical (unpaired) electrons. The number of aryl methyl sites for hydroxylation is 1. The summed E-state index contributed by atoms with van der Waals surface area (Å²) in [6, 6.07) is 12.2. The van der Waals surface area contributed by atoms with Crippen molar-refractivity contribution in [3.63, 3.8) is 0 Å². The lowest BCUT2D eigenvalue weighted by Gasteiger charge is -2.17. The molecular weight excluding hydrogens is 298 g/mol. The van der Waals surface area contributed by atoms with Crippen LogP contribution in [0.1, 0.15) is 16.1 Å². The van der Waals surface area contributed by atoms with Crippen LogP contribution in [0.2, 0.25) is 0 Å². The normalized spacial score (nSPS) is 11.0. The topological polar surface area (TPSA) is 25.2 Å². The maximum Gasteiger partial charge on any atom is 0.270 e. The second-order valence-electron chi connectivity index (χ2n) is 5.58. The van der Waals surface area contributed by atoms with Crippen molar-refractivity contribution in [3.05, 3.63) is 71.4 Å². The molecular formula is C18H16F2N2O. The second-order valence-corrected chi connectivity index (χ2v) is 5.58. The number of amides is 1. The van der Waals surface area contributed by atoms with Gasteiger partial charge in [0.05, 0.1) is 5.52 Å². The third-order valence-electron chi connectivity index (χ3n) is 3.91. The second kappa shape index (κ2) is 5.83. The van der Waals surface area contributed by atoms with E-state index in [2.05, 4.69) is 0 Å². The van der Waals surface area contributed by atoms with E-state index < -0.39 is 0 Å². The van der Waals surface area contributed by atoms with Gasteiger partial charge in [-0.05, 0) is 42.0 Å². The van der Waals surface area contributed by atoms with Crippen molar-refractivity contribution in [1.29, 1.82) is 0 Å². The average molecular weight is 314 g/mol. The van der Waals surface area contributed by atoms with E-state index in [0.717, 1.165) is 10.9 Å². The quantitative estimate of drug-likeness (QED) is 0.723. The molecule has 5 heteroatoms. The van der Waals surface area contributed by atoms with Gasteiger partial charge in [0.25, 0.3) is 5.91 Å². The van der Waals surface area contributed by atoms with Crippen LogP contribution in [-0.2, 0) is 13.6 Å². The van der Waals surface area contributed by atoms with Crippen LogP contribution in [0.3, 0.4) is 0 Å². The van der Waals surface area contributed by atoms with Crippen molar-refractivity contribution in [2.45, 2.75) is 6.54 Å². The molecule has 0 unspecified atom stereocenters. The molecule has 0 saturated heterocycles. The fourth-order valence-electron chi connectivity index (χ4n) is 2.64. The SMILES string of the molecule is CN(Cc1ccc(F)cc1)C(=O)c1cc2ccc(F)cc2n1C. The average Bonchev–Trinajstić information content (AvgIpc) is 2.85. The van der Waals surface area contributed by atoms with E-state index in [1.807, 2.05) is 0 Å². The number of nitrogens with zero attached hydrogens (tertiary/aromatic N) is 2. The van der Waals surface area contributed by atoms with E-state index in [0.29, 0.717) is 17.8 Å². The summed E-state index contributed by atoms with van der Waals surface area (Å²) in [6.45, 7) is 0.370. The summed E-state index contributed by atoms with van der Waals surface area (Å²) in [5.41, 5.74) is 1.99. The minimum absolute atomic E-state index is 0.173. The molecule has 0 spiro atoms. The van der Waals surface area contributed by atoms with Crippen molar-refractivity contribution < 1.29 is 13.6 Å². The predicted octanol–water partition coefficient (Wildman–Crippen LogP) is 3.73. The zero-order valence-corrected chi connectivity index (χ0v) is 12.9. The van der Waals surface area contributed by atoms with E-state index in [1.54, 1.807) is 47.8 Å². The van der Waals surface area contributed by atoms with Crippen LogP contribution < -0.4 is 0 Å². The van der Waals surface area contributed by atoms with Gasteiger partial charge in [-0.1, -0.05) is 12.1 Å². The van der Waals surface area contributed by atoms with E-state index in [9.17, 15) is 13.6 Å². The zero-order valence-electron chi connectivity index (χ0n) is 12.9. The Hall–Kier alpha value is -2.69. The first-order valence-electron chi connectivity index (χ1n) is 7.20. The van der Waals surface area contributed by atoms with E-state index >= 15 is 0 Å². The van der Waals surface area contributed by atoms with Gasteiger partial charge in [-0.25, -0.2) is 8.78 Å². The van der Waals surface area contributed by atoms with Crippen molar-refractivity contribution in [2.75, 3.05) is 7.05 Å².